The fourth-order valence-corrected chi connectivity index (χ4v) is 8.49. The molecule has 0 unspecified atom stereocenters. The third kappa shape index (κ3) is 3.60. The SMILES string of the molecule is CC#CC#CCC[C@@H](C)[C@H]1CC[C@H]2[C@@H]3CC=C4C[C@@H](C)CC[C@]4(C)[C@H]3CC[C@]12C. The van der Waals surface area contributed by atoms with Crippen LogP contribution in [-0.2, 0) is 0 Å². The molecule has 8 atom stereocenters. The van der Waals surface area contributed by atoms with Crippen LogP contribution in [0.3, 0.4) is 0 Å². The summed E-state index contributed by atoms with van der Waals surface area (Å²) in [7, 11) is 0. The van der Waals surface area contributed by atoms with Crippen LogP contribution in [0, 0.1) is 70.0 Å². The van der Waals surface area contributed by atoms with Crippen LogP contribution in [-0.4, -0.2) is 0 Å². The molecule has 3 fully saturated rings. The molecule has 0 aromatic rings. The van der Waals surface area contributed by atoms with E-state index in [1.54, 1.807) is 0 Å². The molecule has 158 valence electrons. The molecule has 0 spiro atoms. The predicted molar refractivity (Wildman–Crippen MR) is 124 cm³/mol. The van der Waals surface area contributed by atoms with Gasteiger partial charge in [0.1, 0.15) is 0 Å². The summed E-state index contributed by atoms with van der Waals surface area (Å²) in [6.07, 6.45) is 16.5. The van der Waals surface area contributed by atoms with Gasteiger partial charge in [-0.3, -0.25) is 0 Å². The highest BCUT2D eigenvalue weighted by Crippen LogP contribution is 2.67. The molecule has 0 saturated heterocycles. The van der Waals surface area contributed by atoms with Gasteiger partial charge in [0.25, 0.3) is 0 Å². The van der Waals surface area contributed by atoms with E-state index in [0.717, 1.165) is 41.9 Å². The van der Waals surface area contributed by atoms with E-state index in [-0.39, 0.29) is 0 Å². The number of hydrogen-bond donors (Lipinski definition) is 0. The Bertz CT molecular complexity index is 763. The highest BCUT2D eigenvalue weighted by Gasteiger charge is 2.58. The molecule has 0 aromatic heterocycles. The van der Waals surface area contributed by atoms with Gasteiger partial charge in [0.05, 0.1) is 0 Å². The quantitative estimate of drug-likeness (QED) is 0.343. The number of fused-ring (bicyclic) bond motifs is 5. The average molecular weight is 391 g/mol. The zero-order chi connectivity index (χ0) is 20.6. The monoisotopic (exact) mass is 390 g/mol. The lowest BCUT2D eigenvalue weighted by atomic mass is 9.46. The van der Waals surface area contributed by atoms with Crippen molar-refractivity contribution in [2.45, 2.75) is 98.8 Å². The topological polar surface area (TPSA) is 0 Å². The fourth-order valence-electron chi connectivity index (χ4n) is 8.49. The van der Waals surface area contributed by atoms with Crippen molar-refractivity contribution in [3.05, 3.63) is 11.6 Å². The molecular weight excluding hydrogens is 348 g/mol. The Morgan fingerprint density at radius 2 is 1.90 bits per heavy atom. The van der Waals surface area contributed by atoms with Gasteiger partial charge < -0.3 is 0 Å². The number of allylic oxidation sites excluding steroid dienone is 2. The Hall–Kier alpha value is -1.14. The zero-order valence-corrected chi connectivity index (χ0v) is 19.6. The maximum atomic E-state index is 3.28. The second-order valence-electron chi connectivity index (χ2n) is 11.5. The molecule has 0 bridgehead atoms. The van der Waals surface area contributed by atoms with Crippen LogP contribution in [0.25, 0.3) is 0 Å². The van der Waals surface area contributed by atoms with E-state index in [1.165, 1.54) is 57.8 Å². The van der Waals surface area contributed by atoms with Crippen LogP contribution in [0.4, 0.5) is 0 Å². The largest absolute Gasteiger partial charge is 0.0925 e. The second-order valence-corrected chi connectivity index (χ2v) is 11.5. The minimum Gasteiger partial charge on any atom is -0.0925 e. The normalized spacial score (nSPS) is 44.0. The molecule has 0 aromatic carbocycles. The third-order valence-electron chi connectivity index (χ3n) is 10.1. The van der Waals surface area contributed by atoms with Crippen LogP contribution in [0.1, 0.15) is 98.8 Å². The van der Waals surface area contributed by atoms with E-state index < -0.39 is 0 Å². The Labute approximate surface area is 180 Å². The molecule has 0 N–H and O–H groups in total. The van der Waals surface area contributed by atoms with Gasteiger partial charge in [-0.05, 0) is 123 Å². The molecule has 0 aliphatic heterocycles. The van der Waals surface area contributed by atoms with Crippen LogP contribution in [0.5, 0.6) is 0 Å². The van der Waals surface area contributed by atoms with Gasteiger partial charge in [-0.15, -0.1) is 0 Å². The Morgan fingerprint density at radius 1 is 1.07 bits per heavy atom. The first-order valence-electron chi connectivity index (χ1n) is 12.5. The molecule has 0 heteroatoms. The summed E-state index contributed by atoms with van der Waals surface area (Å²) in [6, 6.07) is 0. The summed E-state index contributed by atoms with van der Waals surface area (Å²) < 4.78 is 0. The molecule has 29 heavy (non-hydrogen) atoms. The molecule has 3 saturated carbocycles. The van der Waals surface area contributed by atoms with Crippen LogP contribution in [0.15, 0.2) is 11.6 Å². The zero-order valence-electron chi connectivity index (χ0n) is 19.6. The molecule has 4 aliphatic rings. The highest BCUT2D eigenvalue weighted by molar-refractivity contribution is 5.26. The molecule has 0 nitrogen and oxygen atoms in total. The van der Waals surface area contributed by atoms with Crippen molar-refractivity contribution in [3.63, 3.8) is 0 Å². The van der Waals surface area contributed by atoms with Crippen molar-refractivity contribution in [3.8, 4) is 23.7 Å². The van der Waals surface area contributed by atoms with Gasteiger partial charge >= 0.3 is 0 Å². The van der Waals surface area contributed by atoms with E-state index >= 15 is 0 Å². The van der Waals surface area contributed by atoms with Crippen LogP contribution < -0.4 is 0 Å². The van der Waals surface area contributed by atoms with Crippen molar-refractivity contribution in [1.82, 2.24) is 0 Å². The maximum Gasteiger partial charge on any atom is 0.0102 e. The first-order chi connectivity index (χ1) is 13.9. The second kappa shape index (κ2) is 8.18. The van der Waals surface area contributed by atoms with Gasteiger partial charge in [-0.25, -0.2) is 0 Å². The highest BCUT2D eigenvalue weighted by atomic mass is 14.6. The molecule has 0 heterocycles. The third-order valence-corrected chi connectivity index (χ3v) is 10.1. The Balaban J connectivity index is 1.48. The van der Waals surface area contributed by atoms with Crippen molar-refractivity contribution in [2.75, 3.05) is 0 Å². The summed E-state index contributed by atoms with van der Waals surface area (Å²) in [6.45, 7) is 12.2. The molecule has 4 aliphatic carbocycles. The Kier molecular flexibility index (Phi) is 5.95. The maximum absolute atomic E-state index is 3.28. The van der Waals surface area contributed by atoms with Crippen molar-refractivity contribution in [1.29, 1.82) is 0 Å². The van der Waals surface area contributed by atoms with Crippen molar-refractivity contribution < 1.29 is 0 Å². The molecule has 4 rings (SSSR count). The van der Waals surface area contributed by atoms with E-state index in [4.69, 9.17) is 0 Å². The number of hydrogen-bond acceptors (Lipinski definition) is 0. The summed E-state index contributed by atoms with van der Waals surface area (Å²) in [4.78, 5) is 0. The standard InChI is InChI=1S/C29H42/c1-6-7-8-9-10-11-22(3)25-14-15-26-24-13-12-23-20-21(2)16-18-28(23,4)27(24)17-19-29(25,26)5/h12,21-22,24-27H,10-11,13-20H2,1-5H3/t21-,22+,24-,25+,26-,27-,28-,29+/m0/s1. The number of rotatable bonds is 3. The van der Waals surface area contributed by atoms with E-state index in [9.17, 15) is 0 Å². The lowest BCUT2D eigenvalue weighted by molar-refractivity contribution is -0.0520. The first kappa shape index (κ1) is 21.1. The Morgan fingerprint density at radius 3 is 2.69 bits per heavy atom. The van der Waals surface area contributed by atoms with Crippen molar-refractivity contribution in [2.24, 2.45) is 46.3 Å². The summed E-state index contributed by atoms with van der Waals surface area (Å²) in [5.74, 6) is 17.5. The van der Waals surface area contributed by atoms with E-state index in [0.29, 0.717) is 10.8 Å². The van der Waals surface area contributed by atoms with E-state index in [2.05, 4.69) is 57.5 Å². The predicted octanol–water partition coefficient (Wildman–Crippen LogP) is 7.64. The molecule has 0 radical (unpaired) electrons. The lowest BCUT2D eigenvalue weighted by Gasteiger charge is -2.58. The van der Waals surface area contributed by atoms with Gasteiger partial charge in [0.2, 0.25) is 0 Å². The fraction of sp³-hybridized carbons (Fsp3) is 0.793. The van der Waals surface area contributed by atoms with Gasteiger partial charge in [-0.1, -0.05) is 51.2 Å². The molecule has 0 amide bonds. The van der Waals surface area contributed by atoms with Crippen LogP contribution >= 0.6 is 0 Å². The first-order valence-corrected chi connectivity index (χ1v) is 12.5. The smallest absolute Gasteiger partial charge is 0.0102 e. The minimum atomic E-state index is 0.524. The van der Waals surface area contributed by atoms with Gasteiger partial charge in [0.15, 0.2) is 0 Å². The lowest BCUT2D eigenvalue weighted by Crippen LogP contribution is -2.50. The average Bonchev–Trinajstić information content (AvgIpc) is 3.05. The molecular formula is C29H42. The minimum absolute atomic E-state index is 0.524. The van der Waals surface area contributed by atoms with Crippen molar-refractivity contribution >= 4 is 0 Å². The summed E-state index contributed by atoms with van der Waals surface area (Å²) in [5, 5.41) is 0. The summed E-state index contributed by atoms with van der Waals surface area (Å²) >= 11 is 0. The van der Waals surface area contributed by atoms with Gasteiger partial charge in [0, 0.05) is 6.42 Å². The van der Waals surface area contributed by atoms with Crippen LogP contribution in [0.2, 0.25) is 0 Å². The van der Waals surface area contributed by atoms with Gasteiger partial charge in [-0.2, -0.15) is 0 Å². The summed E-state index contributed by atoms with van der Waals surface area (Å²) in [5.41, 5.74) is 2.94. The van der Waals surface area contributed by atoms with E-state index in [1.807, 2.05) is 12.5 Å².